The molecule has 1 saturated heterocycles. The number of benzene rings is 1. The zero-order chi connectivity index (χ0) is 17.0. The monoisotopic (exact) mass is 335 g/mol. The van der Waals surface area contributed by atoms with Crippen molar-refractivity contribution in [3.63, 3.8) is 0 Å². The number of carboxylic acid groups (broad SMARTS) is 1. The van der Waals surface area contributed by atoms with E-state index in [4.69, 9.17) is 5.11 Å². The minimum atomic E-state index is -0.792. The number of thioether (sulfide) groups is 1. The quantitative estimate of drug-likeness (QED) is 0.837. The van der Waals surface area contributed by atoms with Gasteiger partial charge in [0.2, 0.25) is 5.91 Å². The summed E-state index contributed by atoms with van der Waals surface area (Å²) in [6, 6.07) is 6.48. The summed E-state index contributed by atoms with van der Waals surface area (Å²) >= 11 is 1.68. The van der Waals surface area contributed by atoms with Crippen LogP contribution in [0.25, 0.3) is 0 Å². The van der Waals surface area contributed by atoms with E-state index in [1.165, 1.54) is 16.0 Å². The molecule has 2 atom stereocenters. The summed E-state index contributed by atoms with van der Waals surface area (Å²) in [6.07, 6.45) is 1.89. The maximum Gasteiger partial charge on any atom is 0.308 e. The van der Waals surface area contributed by atoms with E-state index in [9.17, 15) is 9.59 Å². The fourth-order valence-corrected chi connectivity index (χ4v) is 3.80. The first-order valence-electron chi connectivity index (χ1n) is 8.11. The maximum absolute atomic E-state index is 12.4. The van der Waals surface area contributed by atoms with Crippen molar-refractivity contribution in [1.82, 2.24) is 4.90 Å². The Morgan fingerprint density at radius 1 is 1.26 bits per heavy atom. The van der Waals surface area contributed by atoms with Crippen molar-refractivity contribution in [2.45, 2.75) is 51.0 Å². The van der Waals surface area contributed by atoms with E-state index in [0.29, 0.717) is 19.4 Å². The molecular weight excluding hydrogens is 310 g/mol. The second kappa shape index (κ2) is 7.86. The molecule has 1 aromatic carbocycles. The van der Waals surface area contributed by atoms with Gasteiger partial charge in [0.05, 0.1) is 5.92 Å². The Kier molecular flexibility index (Phi) is 6.10. The van der Waals surface area contributed by atoms with Gasteiger partial charge in [-0.3, -0.25) is 9.59 Å². The summed E-state index contributed by atoms with van der Waals surface area (Å²) in [5.41, 5.74) is 2.53. The highest BCUT2D eigenvalue weighted by molar-refractivity contribution is 7.99. The minimum absolute atomic E-state index is 0.0692. The first kappa shape index (κ1) is 17.9. The standard InChI is InChI=1S/C18H25NO3S/c1-12-4-7-16(10-13(12)2)23-9-8-17(20)19-11-15(18(21)22)6-5-14(19)3/h4,7,10,14-15H,5-6,8-9,11H2,1-3H3,(H,21,22). The molecule has 1 heterocycles. The Bertz CT molecular complexity index is 588. The number of hydrogen-bond acceptors (Lipinski definition) is 3. The zero-order valence-corrected chi connectivity index (χ0v) is 14.9. The number of nitrogens with zero attached hydrogens (tertiary/aromatic N) is 1. The van der Waals surface area contributed by atoms with Crippen LogP contribution in [0.1, 0.15) is 37.3 Å². The average molecular weight is 335 g/mol. The number of aliphatic carboxylic acids is 1. The summed E-state index contributed by atoms with van der Waals surface area (Å²) in [6.45, 7) is 6.53. The SMILES string of the molecule is Cc1ccc(SCCC(=O)N2CC(C(=O)O)CCC2C)cc1C. The molecule has 0 aromatic heterocycles. The highest BCUT2D eigenvalue weighted by Crippen LogP contribution is 2.25. The van der Waals surface area contributed by atoms with Crippen molar-refractivity contribution in [1.29, 1.82) is 0 Å². The number of carbonyl (C=O) groups excluding carboxylic acids is 1. The number of carboxylic acids is 1. The van der Waals surface area contributed by atoms with Crippen molar-refractivity contribution < 1.29 is 14.7 Å². The van der Waals surface area contributed by atoms with E-state index < -0.39 is 11.9 Å². The molecule has 2 rings (SSSR count). The molecule has 0 aliphatic carbocycles. The van der Waals surface area contributed by atoms with Crippen LogP contribution in [0, 0.1) is 19.8 Å². The highest BCUT2D eigenvalue weighted by atomic mass is 32.2. The molecule has 4 nitrogen and oxygen atoms in total. The fourth-order valence-electron chi connectivity index (χ4n) is 2.86. The maximum atomic E-state index is 12.4. The Labute approximate surface area is 142 Å². The molecule has 1 N–H and O–H groups in total. The first-order valence-corrected chi connectivity index (χ1v) is 9.09. The van der Waals surface area contributed by atoms with Crippen LogP contribution < -0.4 is 0 Å². The third-order valence-corrected chi connectivity index (χ3v) is 5.61. The number of likely N-dealkylation sites (tertiary alicyclic amines) is 1. The van der Waals surface area contributed by atoms with Crippen LogP contribution in [-0.2, 0) is 9.59 Å². The first-order chi connectivity index (χ1) is 10.9. The fraction of sp³-hybridized carbons (Fsp3) is 0.556. The van der Waals surface area contributed by atoms with Crippen LogP contribution in [0.15, 0.2) is 23.1 Å². The molecule has 23 heavy (non-hydrogen) atoms. The molecule has 0 saturated carbocycles. The smallest absolute Gasteiger partial charge is 0.308 e. The van der Waals surface area contributed by atoms with Crippen LogP contribution in [0.2, 0.25) is 0 Å². The second-order valence-corrected chi connectivity index (χ2v) is 7.52. The Balaban J connectivity index is 1.85. The lowest BCUT2D eigenvalue weighted by molar-refractivity contribution is -0.147. The molecule has 2 unspecified atom stereocenters. The number of hydrogen-bond donors (Lipinski definition) is 1. The number of amides is 1. The van der Waals surface area contributed by atoms with Crippen LogP contribution in [-0.4, -0.2) is 40.2 Å². The minimum Gasteiger partial charge on any atom is -0.481 e. The van der Waals surface area contributed by atoms with Crippen molar-refractivity contribution >= 4 is 23.6 Å². The summed E-state index contributed by atoms with van der Waals surface area (Å²) in [7, 11) is 0. The molecule has 1 aliphatic heterocycles. The van der Waals surface area contributed by atoms with E-state index in [1.54, 1.807) is 16.7 Å². The number of aryl methyl sites for hydroxylation is 2. The van der Waals surface area contributed by atoms with Gasteiger partial charge in [-0.15, -0.1) is 11.8 Å². The summed E-state index contributed by atoms with van der Waals surface area (Å²) in [4.78, 5) is 26.5. The lowest BCUT2D eigenvalue weighted by Crippen LogP contribution is -2.47. The van der Waals surface area contributed by atoms with Gasteiger partial charge in [-0.25, -0.2) is 0 Å². The van der Waals surface area contributed by atoms with E-state index in [1.807, 2.05) is 6.92 Å². The van der Waals surface area contributed by atoms with Crippen LogP contribution in [0.5, 0.6) is 0 Å². The predicted molar refractivity (Wildman–Crippen MR) is 92.8 cm³/mol. The molecule has 1 aliphatic rings. The molecular formula is C18H25NO3S. The van der Waals surface area contributed by atoms with Crippen molar-refractivity contribution in [2.24, 2.45) is 5.92 Å². The van der Waals surface area contributed by atoms with Crippen LogP contribution in [0.4, 0.5) is 0 Å². The van der Waals surface area contributed by atoms with Gasteiger partial charge in [0.15, 0.2) is 0 Å². The van der Waals surface area contributed by atoms with E-state index in [2.05, 4.69) is 32.0 Å². The molecule has 1 aromatic rings. The number of rotatable bonds is 5. The van der Waals surface area contributed by atoms with Gasteiger partial charge in [-0.1, -0.05) is 6.07 Å². The zero-order valence-electron chi connectivity index (χ0n) is 14.0. The van der Waals surface area contributed by atoms with Gasteiger partial charge < -0.3 is 10.0 Å². The van der Waals surface area contributed by atoms with Gasteiger partial charge in [-0.05, 0) is 56.9 Å². The predicted octanol–water partition coefficient (Wildman–Crippen LogP) is 3.50. The molecule has 0 radical (unpaired) electrons. The molecule has 5 heteroatoms. The van der Waals surface area contributed by atoms with Gasteiger partial charge in [-0.2, -0.15) is 0 Å². The van der Waals surface area contributed by atoms with E-state index in [-0.39, 0.29) is 11.9 Å². The summed E-state index contributed by atoms with van der Waals surface area (Å²) in [5, 5.41) is 9.16. The third kappa shape index (κ3) is 4.74. The largest absolute Gasteiger partial charge is 0.481 e. The lowest BCUT2D eigenvalue weighted by atomic mass is 9.93. The van der Waals surface area contributed by atoms with Crippen molar-refractivity contribution in [2.75, 3.05) is 12.3 Å². The average Bonchev–Trinajstić information content (AvgIpc) is 2.51. The van der Waals surface area contributed by atoms with Gasteiger partial charge in [0, 0.05) is 29.7 Å². The Hall–Kier alpha value is -1.49. The molecule has 1 fully saturated rings. The van der Waals surface area contributed by atoms with E-state index >= 15 is 0 Å². The number of piperidine rings is 1. The molecule has 1 amide bonds. The van der Waals surface area contributed by atoms with Gasteiger partial charge in [0.1, 0.15) is 0 Å². The summed E-state index contributed by atoms with van der Waals surface area (Å²) < 4.78 is 0. The third-order valence-electron chi connectivity index (χ3n) is 4.61. The van der Waals surface area contributed by atoms with Crippen LogP contribution in [0.3, 0.4) is 0 Å². The summed E-state index contributed by atoms with van der Waals surface area (Å²) in [5.74, 6) is -0.413. The molecule has 126 valence electrons. The Morgan fingerprint density at radius 2 is 2.00 bits per heavy atom. The van der Waals surface area contributed by atoms with Gasteiger partial charge in [0.25, 0.3) is 0 Å². The van der Waals surface area contributed by atoms with Gasteiger partial charge >= 0.3 is 5.97 Å². The Morgan fingerprint density at radius 3 is 2.65 bits per heavy atom. The van der Waals surface area contributed by atoms with E-state index in [0.717, 1.165) is 12.2 Å². The highest BCUT2D eigenvalue weighted by Gasteiger charge is 2.32. The molecule has 0 bridgehead atoms. The van der Waals surface area contributed by atoms with Crippen molar-refractivity contribution in [3.8, 4) is 0 Å². The normalized spacial score (nSPS) is 21.3. The molecule has 0 spiro atoms. The van der Waals surface area contributed by atoms with Crippen LogP contribution >= 0.6 is 11.8 Å². The lowest BCUT2D eigenvalue weighted by Gasteiger charge is -2.36. The number of carbonyl (C=O) groups is 2. The second-order valence-electron chi connectivity index (χ2n) is 6.35. The van der Waals surface area contributed by atoms with Crippen molar-refractivity contribution in [3.05, 3.63) is 29.3 Å². The topological polar surface area (TPSA) is 57.6 Å².